The molecule has 0 bridgehead atoms. The summed E-state index contributed by atoms with van der Waals surface area (Å²) in [5.41, 5.74) is 0. The summed E-state index contributed by atoms with van der Waals surface area (Å²) in [4.78, 5) is 20.3. The van der Waals surface area contributed by atoms with E-state index in [0.717, 1.165) is 25.7 Å². The van der Waals surface area contributed by atoms with Gasteiger partial charge in [0.2, 0.25) is 5.91 Å². The van der Waals surface area contributed by atoms with Crippen LogP contribution in [0.1, 0.15) is 25.7 Å². The molecule has 0 aliphatic heterocycles. The molecule has 0 radical (unpaired) electrons. The van der Waals surface area contributed by atoms with E-state index < -0.39 is 0 Å². The molecule has 0 spiro atoms. The zero-order valence-corrected chi connectivity index (χ0v) is 13.7. The third-order valence-electron chi connectivity index (χ3n) is 4.14. The first-order valence-corrected chi connectivity index (χ1v) is 8.16. The number of methoxy groups -OCH3 is 1. The maximum atomic E-state index is 12.0. The van der Waals surface area contributed by atoms with Gasteiger partial charge in [-0.25, -0.2) is 9.97 Å². The average molecular weight is 330 g/mol. The Morgan fingerprint density at radius 1 is 1.17 bits per heavy atom. The molecule has 0 saturated heterocycles. The van der Waals surface area contributed by atoms with Crippen LogP contribution >= 0.6 is 0 Å². The molecule has 1 saturated carbocycles. The lowest BCUT2D eigenvalue weighted by molar-refractivity contribution is -0.122. The minimum Gasteiger partial charge on any atom is -0.477 e. The first-order chi connectivity index (χ1) is 11.7. The van der Waals surface area contributed by atoms with Crippen molar-refractivity contribution >= 4 is 5.91 Å². The molecular weight excluding hydrogens is 308 g/mol. The zero-order chi connectivity index (χ0) is 16.8. The smallest absolute Gasteiger partial charge is 0.278 e. The van der Waals surface area contributed by atoms with Crippen LogP contribution in [0.3, 0.4) is 0 Å². The summed E-state index contributed by atoms with van der Waals surface area (Å²) in [6.07, 6.45) is 10.5. The van der Waals surface area contributed by atoms with E-state index >= 15 is 0 Å². The topological polar surface area (TPSA) is 78.3 Å². The van der Waals surface area contributed by atoms with Gasteiger partial charge in [0.05, 0.1) is 7.11 Å². The summed E-state index contributed by atoms with van der Waals surface area (Å²) in [7, 11) is 1.55. The molecular formula is C17H22N4O3. The van der Waals surface area contributed by atoms with Crippen molar-refractivity contribution in [3.8, 4) is 11.8 Å². The molecule has 2 aromatic rings. The lowest BCUT2D eigenvalue weighted by atomic mass is 9.93. The Balaban J connectivity index is 1.44. The predicted octanol–water partition coefficient (Wildman–Crippen LogP) is 1.79. The number of hydrogen-bond donors (Lipinski definition) is 1. The number of aromatic nitrogens is 3. The molecule has 2 heterocycles. The Labute approximate surface area is 141 Å². The van der Waals surface area contributed by atoms with Crippen LogP contribution in [0.5, 0.6) is 11.8 Å². The fourth-order valence-electron chi connectivity index (χ4n) is 2.93. The zero-order valence-electron chi connectivity index (χ0n) is 13.7. The summed E-state index contributed by atoms with van der Waals surface area (Å²) < 4.78 is 12.9. The van der Waals surface area contributed by atoms with Crippen LogP contribution in [0.15, 0.2) is 36.9 Å². The number of carbonyl (C=O) groups is 1. The highest BCUT2D eigenvalue weighted by atomic mass is 16.5. The Bertz CT molecular complexity index is 652. The van der Waals surface area contributed by atoms with Crippen molar-refractivity contribution in [2.75, 3.05) is 7.11 Å². The lowest BCUT2D eigenvalue weighted by Crippen LogP contribution is -2.41. The van der Waals surface area contributed by atoms with Gasteiger partial charge in [0.15, 0.2) is 0 Å². The minimum absolute atomic E-state index is 0.0474. The monoisotopic (exact) mass is 330 g/mol. The molecule has 7 heteroatoms. The van der Waals surface area contributed by atoms with E-state index in [1.165, 1.54) is 0 Å². The molecule has 24 heavy (non-hydrogen) atoms. The molecule has 1 amide bonds. The second-order valence-electron chi connectivity index (χ2n) is 5.89. The van der Waals surface area contributed by atoms with Crippen LogP contribution in [-0.4, -0.2) is 39.7 Å². The molecule has 1 N–H and O–H groups in total. The van der Waals surface area contributed by atoms with E-state index in [2.05, 4.69) is 15.3 Å². The van der Waals surface area contributed by atoms with Crippen LogP contribution < -0.4 is 14.8 Å². The first kappa shape index (κ1) is 16.3. The number of ether oxygens (including phenoxy) is 2. The van der Waals surface area contributed by atoms with Gasteiger partial charge < -0.3 is 19.4 Å². The second kappa shape index (κ2) is 7.81. The average Bonchev–Trinajstić information content (AvgIpc) is 3.10. The third kappa shape index (κ3) is 4.24. The number of rotatable bonds is 6. The summed E-state index contributed by atoms with van der Waals surface area (Å²) in [5, 5.41) is 3.10. The summed E-state index contributed by atoms with van der Waals surface area (Å²) in [6, 6.07) is 4.03. The van der Waals surface area contributed by atoms with Crippen molar-refractivity contribution in [3.05, 3.63) is 36.9 Å². The van der Waals surface area contributed by atoms with Crippen molar-refractivity contribution < 1.29 is 14.3 Å². The van der Waals surface area contributed by atoms with E-state index in [4.69, 9.17) is 9.47 Å². The van der Waals surface area contributed by atoms with Crippen molar-refractivity contribution in [1.82, 2.24) is 19.9 Å². The molecule has 3 rings (SSSR count). The van der Waals surface area contributed by atoms with Gasteiger partial charge in [-0.2, -0.15) is 0 Å². The van der Waals surface area contributed by atoms with Crippen LogP contribution in [0, 0.1) is 0 Å². The van der Waals surface area contributed by atoms with Crippen molar-refractivity contribution in [1.29, 1.82) is 0 Å². The quantitative estimate of drug-likeness (QED) is 0.874. The van der Waals surface area contributed by atoms with Crippen molar-refractivity contribution in [2.24, 2.45) is 0 Å². The number of nitrogens with one attached hydrogen (secondary N) is 1. The Morgan fingerprint density at radius 3 is 2.50 bits per heavy atom. The largest absolute Gasteiger partial charge is 0.477 e. The highest BCUT2D eigenvalue weighted by Crippen LogP contribution is 2.27. The molecule has 128 valence electrons. The van der Waals surface area contributed by atoms with Crippen molar-refractivity contribution in [3.63, 3.8) is 0 Å². The predicted molar refractivity (Wildman–Crippen MR) is 87.8 cm³/mol. The SMILES string of the molecule is COc1nccnc1OC1CCC(NC(=O)Cn2cccc2)CC1. The second-order valence-corrected chi connectivity index (χ2v) is 5.89. The van der Waals surface area contributed by atoms with Gasteiger partial charge in [-0.15, -0.1) is 0 Å². The molecule has 1 fully saturated rings. The summed E-state index contributed by atoms with van der Waals surface area (Å²) >= 11 is 0. The van der Waals surface area contributed by atoms with Gasteiger partial charge in [-0.05, 0) is 37.8 Å². The highest BCUT2D eigenvalue weighted by Gasteiger charge is 2.25. The van der Waals surface area contributed by atoms with Crippen LogP contribution in [-0.2, 0) is 11.3 Å². The molecule has 0 unspecified atom stereocenters. The van der Waals surface area contributed by atoms with Crippen LogP contribution in [0.4, 0.5) is 0 Å². The van der Waals surface area contributed by atoms with Gasteiger partial charge in [-0.1, -0.05) is 0 Å². The Hall–Kier alpha value is -2.57. The van der Waals surface area contributed by atoms with E-state index in [-0.39, 0.29) is 18.1 Å². The van der Waals surface area contributed by atoms with Gasteiger partial charge in [0.25, 0.3) is 11.8 Å². The molecule has 1 aliphatic carbocycles. The molecule has 0 aromatic carbocycles. The third-order valence-corrected chi connectivity index (χ3v) is 4.14. The molecule has 7 nitrogen and oxygen atoms in total. The lowest BCUT2D eigenvalue weighted by Gasteiger charge is -2.29. The Kier molecular flexibility index (Phi) is 5.30. The fraction of sp³-hybridized carbons (Fsp3) is 0.471. The van der Waals surface area contributed by atoms with E-state index in [1.807, 2.05) is 29.1 Å². The first-order valence-electron chi connectivity index (χ1n) is 8.16. The van der Waals surface area contributed by atoms with E-state index in [0.29, 0.717) is 18.3 Å². The number of hydrogen-bond acceptors (Lipinski definition) is 5. The Morgan fingerprint density at radius 2 is 1.83 bits per heavy atom. The van der Waals surface area contributed by atoms with Gasteiger partial charge in [0, 0.05) is 30.8 Å². The minimum atomic E-state index is 0.0474. The molecule has 0 atom stereocenters. The number of nitrogens with zero attached hydrogens (tertiary/aromatic N) is 3. The fourth-order valence-corrected chi connectivity index (χ4v) is 2.93. The van der Waals surface area contributed by atoms with Crippen molar-refractivity contribution in [2.45, 2.75) is 44.4 Å². The molecule has 2 aromatic heterocycles. The number of carbonyl (C=O) groups excluding carboxylic acids is 1. The maximum Gasteiger partial charge on any atom is 0.278 e. The van der Waals surface area contributed by atoms with Crippen LogP contribution in [0.25, 0.3) is 0 Å². The van der Waals surface area contributed by atoms with Crippen LogP contribution in [0.2, 0.25) is 0 Å². The number of amides is 1. The van der Waals surface area contributed by atoms with E-state index in [1.54, 1.807) is 19.5 Å². The van der Waals surface area contributed by atoms with Gasteiger partial charge >= 0.3 is 0 Å². The van der Waals surface area contributed by atoms with E-state index in [9.17, 15) is 4.79 Å². The normalized spacial score (nSPS) is 20.4. The summed E-state index contributed by atoms with van der Waals surface area (Å²) in [5.74, 6) is 0.880. The van der Waals surface area contributed by atoms with Gasteiger partial charge in [0.1, 0.15) is 12.6 Å². The molecule has 1 aliphatic rings. The summed E-state index contributed by atoms with van der Waals surface area (Å²) in [6.45, 7) is 0.361. The standard InChI is InChI=1S/C17H22N4O3/c1-23-16-17(19-9-8-18-16)24-14-6-4-13(5-7-14)20-15(22)12-21-10-2-3-11-21/h2-3,8-11,13-14H,4-7,12H2,1H3,(H,20,22). The highest BCUT2D eigenvalue weighted by molar-refractivity contribution is 5.76. The van der Waals surface area contributed by atoms with Gasteiger partial charge in [-0.3, -0.25) is 4.79 Å². The maximum absolute atomic E-state index is 12.0.